The number of hydrogen-bond acceptors (Lipinski definition) is 3. The molecule has 5 rings (SSSR count). The zero-order valence-electron chi connectivity index (χ0n) is 16.8. The number of rotatable bonds is 5. The molecule has 1 fully saturated rings. The predicted octanol–water partition coefficient (Wildman–Crippen LogP) is 4.13. The molecule has 0 aliphatic carbocycles. The Kier molecular flexibility index (Phi) is 4.72. The molecule has 30 heavy (non-hydrogen) atoms. The van der Waals surface area contributed by atoms with Crippen molar-refractivity contribution in [2.24, 2.45) is 5.92 Å². The van der Waals surface area contributed by atoms with Gasteiger partial charge in [0.25, 0.3) is 0 Å². The van der Waals surface area contributed by atoms with Gasteiger partial charge in [-0.2, -0.15) is 9.40 Å². The van der Waals surface area contributed by atoms with Gasteiger partial charge in [-0.15, -0.1) is 0 Å². The van der Waals surface area contributed by atoms with Crippen LogP contribution in [0.5, 0.6) is 0 Å². The SMILES string of the molecule is C[C@@H]1C[C@@H](Cn2ccc3cc(-c4cn[nH]c4)ccc32)CN1S(=O)(=O)c1ccccc1. The van der Waals surface area contributed by atoms with Gasteiger partial charge in [0, 0.05) is 48.0 Å². The smallest absolute Gasteiger partial charge is 0.243 e. The second-order valence-corrected chi connectivity index (χ2v) is 9.96. The highest BCUT2D eigenvalue weighted by Crippen LogP contribution is 2.32. The molecule has 6 nitrogen and oxygen atoms in total. The number of hydrogen-bond donors (Lipinski definition) is 1. The second-order valence-electron chi connectivity index (χ2n) is 8.07. The maximum absolute atomic E-state index is 13.1. The molecule has 0 saturated carbocycles. The third-order valence-corrected chi connectivity index (χ3v) is 8.01. The van der Waals surface area contributed by atoms with Gasteiger partial charge >= 0.3 is 0 Å². The highest BCUT2D eigenvalue weighted by Gasteiger charge is 2.37. The molecule has 1 N–H and O–H groups in total. The van der Waals surface area contributed by atoms with Crippen molar-refractivity contribution in [2.75, 3.05) is 6.54 Å². The highest BCUT2D eigenvalue weighted by atomic mass is 32.2. The third-order valence-electron chi connectivity index (χ3n) is 6.01. The molecule has 0 unspecified atom stereocenters. The van der Waals surface area contributed by atoms with E-state index in [4.69, 9.17) is 0 Å². The minimum Gasteiger partial charge on any atom is -0.347 e. The van der Waals surface area contributed by atoms with Gasteiger partial charge in [-0.3, -0.25) is 5.10 Å². The fraction of sp³-hybridized carbons (Fsp3) is 0.261. The Morgan fingerprint density at radius 1 is 1.10 bits per heavy atom. The summed E-state index contributed by atoms with van der Waals surface area (Å²) in [6.45, 7) is 3.36. The molecule has 0 bridgehead atoms. The van der Waals surface area contributed by atoms with Crippen LogP contribution in [0.3, 0.4) is 0 Å². The van der Waals surface area contributed by atoms with Crippen molar-refractivity contribution in [1.82, 2.24) is 19.1 Å². The van der Waals surface area contributed by atoms with E-state index < -0.39 is 10.0 Å². The summed E-state index contributed by atoms with van der Waals surface area (Å²) in [5, 5.41) is 8.05. The van der Waals surface area contributed by atoms with Crippen molar-refractivity contribution in [3.63, 3.8) is 0 Å². The Labute approximate surface area is 176 Å². The van der Waals surface area contributed by atoms with Crippen LogP contribution in [0.15, 0.2) is 78.1 Å². The van der Waals surface area contributed by atoms with Crippen molar-refractivity contribution in [1.29, 1.82) is 0 Å². The van der Waals surface area contributed by atoms with Crippen molar-refractivity contribution in [2.45, 2.75) is 30.8 Å². The Bertz CT molecular complexity index is 1260. The summed E-state index contributed by atoms with van der Waals surface area (Å²) in [6, 6.07) is 17.2. The zero-order chi connectivity index (χ0) is 20.7. The molecule has 2 aromatic heterocycles. The summed E-state index contributed by atoms with van der Waals surface area (Å²) in [5.41, 5.74) is 3.36. The fourth-order valence-corrected chi connectivity index (χ4v) is 6.27. The first kappa shape index (κ1) is 19.1. The normalized spacial score (nSPS) is 20.2. The highest BCUT2D eigenvalue weighted by molar-refractivity contribution is 7.89. The van der Waals surface area contributed by atoms with Gasteiger partial charge in [-0.1, -0.05) is 24.3 Å². The molecule has 0 spiro atoms. The molecule has 2 aromatic carbocycles. The fourth-order valence-electron chi connectivity index (χ4n) is 4.53. The number of H-pyrrole nitrogens is 1. The van der Waals surface area contributed by atoms with Crippen molar-refractivity contribution in [3.05, 3.63) is 73.2 Å². The molecule has 1 aliphatic rings. The van der Waals surface area contributed by atoms with Gasteiger partial charge in [-0.05, 0) is 55.2 Å². The topological polar surface area (TPSA) is 71.0 Å². The summed E-state index contributed by atoms with van der Waals surface area (Å²) in [5.74, 6) is 0.280. The van der Waals surface area contributed by atoms with Crippen LogP contribution in [0, 0.1) is 5.92 Å². The van der Waals surface area contributed by atoms with Crippen LogP contribution in [0.25, 0.3) is 22.0 Å². The molecule has 154 valence electrons. The van der Waals surface area contributed by atoms with Gasteiger partial charge in [0.1, 0.15) is 0 Å². The Morgan fingerprint density at radius 3 is 2.70 bits per heavy atom. The average molecular weight is 421 g/mol. The number of nitrogens with zero attached hydrogens (tertiary/aromatic N) is 3. The molecule has 4 aromatic rings. The van der Waals surface area contributed by atoms with Gasteiger partial charge in [0.15, 0.2) is 0 Å². The number of aromatic amines is 1. The maximum Gasteiger partial charge on any atom is 0.243 e. The van der Waals surface area contributed by atoms with E-state index in [0.717, 1.165) is 24.1 Å². The number of nitrogens with one attached hydrogen (secondary N) is 1. The molecule has 7 heteroatoms. The van der Waals surface area contributed by atoms with Gasteiger partial charge < -0.3 is 4.57 Å². The first-order valence-electron chi connectivity index (χ1n) is 10.2. The van der Waals surface area contributed by atoms with Crippen LogP contribution in [0.2, 0.25) is 0 Å². The molecule has 1 saturated heterocycles. The Balaban J connectivity index is 1.36. The summed E-state index contributed by atoms with van der Waals surface area (Å²) < 4.78 is 30.0. The zero-order valence-corrected chi connectivity index (χ0v) is 17.6. The number of sulfonamides is 1. The first-order chi connectivity index (χ1) is 14.5. The lowest BCUT2D eigenvalue weighted by atomic mass is 10.1. The summed E-state index contributed by atoms with van der Waals surface area (Å²) in [4.78, 5) is 0.371. The summed E-state index contributed by atoms with van der Waals surface area (Å²) >= 11 is 0. The van der Waals surface area contributed by atoms with Crippen LogP contribution >= 0.6 is 0 Å². The van der Waals surface area contributed by atoms with E-state index in [9.17, 15) is 8.42 Å². The third kappa shape index (κ3) is 3.34. The Hall–Kier alpha value is -2.90. The van der Waals surface area contributed by atoms with Crippen LogP contribution in [-0.4, -0.2) is 40.1 Å². The van der Waals surface area contributed by atoms with Crippen LogP contribution in [0.1, 0.15) is 13.3 Å². The van der Waals surface area contributed by atoms with E-state index >= 15 is 0 Å². The number of benzene rings is 2. The van der Waals surface area contributed by atoms with E-state index in [1.807, 2.05) is 25.4 Å². The number of aromatic nitrogens is 3. The van der Waals surface area contributed by atoms with Gasteiger partial charge in [-0.25, -0.2) is 8.42 Å². The average Bonchev–Trinajstić information content (AvgIpc) is 3.49. The van der Waals surface area contributed by atoms with Crippen molar-refractivity contribution in [3.8, 4) is 11.1 Å². The van der Waals surface area contributed by atoms with E-state index in [2.05, 4.69) is 45.2 Å². The molecular weight excluding hydrogens is 396 g/mol. The molecule has 0 amide bonds. The molecular formula is C23H24N4O2S. The minimum absolute atomic E-state index is 0.00488. The monoisotopic (exact) mass is 420 g/mol. The second kappa shape index (κ2) is 7.41. The van der Waals surface area contributed by atoms with E-state index in [1.54, 1.807) is 28.6 Å². The maximum atomic E-state index is 13.1. The van der Waals surface area contributed by atoms with Crippen LogP contribution in [-0.2, 0) is 16.6 Å². The molecule has 1 aliphatic heterocycles. The largest absolute Gasteiger partial charge is 0.347 e. The van der Waals surface area contributed by atoms with Crippen LogP contribution in [0.4, 0.5) is 0 Å². The predicted molar refractivity (Wildman–Crippen MR) is 117 cm³/mol. The van der Waals surface area contributed by atoms with E-state index in [-0.39, 0.29) is 12.0 Å². The molecule has 3 heterocycles. The molecule has 2 atom stereocenters. The molecule has 0 radical (unpaired) electrons. The van der Waals surface area contributed by atoms with Crippen molar-refractivity contribution >= 4 is 20.9 Å². The van der Waals surface area contributed by atoms with Gasteiger partial charge in [0.2, 0.25) is 10.0 Å². The summed E-state index contributed by atoms with van der Waals surface area (Å²) in [6.07, 6.45) is 6.67. The Morgan fingerprint density at radius 2 is 1.93 bits per heavy atom. The van der Waals surface area contributed by atoms with E-state index in [1.165, 1.54) is 10.9 Å². The standard InChI is InChI=1S/C23H24N4O2S/c1-17-11-18(16-27(17)30(28,29)22-5-3-2-4-6-22)15-26-10-9-20-12-19(7-8-23(20)26)21-13-24-25-14-21/h2-10,12-14,17-18H,11,15-16H2,1H3,(H,24,25)/t17-,18+/m1/s1. The van der Waals surface area contributed by atoms with Crippen LogP contribution < -0.4 is 0 Å². The van der Waals surface area contributed by atoms with E-state index in [0.29, 0.717) is 11.4 Å². The lowest BCUT2D eigenvalue weighted by Crippen LogP contribution is -2.34. The first-order valence-corrected chi connectivity index (χ1v) is 11.6. The minimum atomic E-state index is -3.46. The number of fused-ring (bicyclic) bond motifs is 1. The summed E-state index contributed by atoms with van der Waals surface area (Å²) in [7, 11) is -3.46. The lowest BCUT2D eigenvalue weighted by molar-refractivity contribution is 0.400. The quantitative estimate of drug-likeness (QED) is 0.528. The van der Waals surface area contributed by atoms with Crippen molar-refractivity contribution < 1.29 is 8.42 Å². The van der Waals surface area contributed by atoms with Gasteiger partial charge in [0.05, 0.1) is 11.1 Å². The lowest BCUT2D eigenvalue weighted by Gasteiger charge is -2.21.